The quantitative estimate of drug-likeness (QED) is 0.820. The van der Waals surface area contributed by atoms with Crippen LogP contribution < -0.4 is 5.32 Å². The van der Waals surface area contributed by atoms with Crippen LogP contribution >= 0.6 is 0 Å². The van der Waals surface area contributed by atoms with E-state index in [1.54, 1.807) is 17.0 Å². The van der Waals surface area contributed by atoms with E-state index in [0.29, 0.717) is 12.5 Å². The Bertz CT molecular complexity index is 280. The number of hydrogen-bond acceptors (Lipinski definition) is 2. The summed E-state index contributed by atoms with van der Waals surface area (Å²) >= 11 is 0. The number of aryl methyl sites for hydroxylation is 1. The number of rotatable bonds is 4. The second kappa shape index (κ2) is 4.34. The minimum atomic E-state index is -4.11. The Morgan fingerprint density at radius 3 is 2.79 bits per heavy atom. The first-order valence-corrected chi connectivity index (χ1v) is 4.34. The fourth-order valence-corrected chi connectivity index (χ4v) is 1.05. The number of hydrogen-bond donors (Lipinski definition) is 1. The normalized spacial score (nSPS) is 11.7. The monoisotopic (exact) mass is 207 g/mol. The van der Waals surface area contributed by atoms with Crippen molar-refractivity contribution in [2.75, 3.05) is 11.9 Å². The van der Waals surface area contributed by atoms with E-state index in [1.165, 1.54) is 0 Å². The molecular weight excluding hydrogens is 195 g/mol. The first-order valence-electron chi connectivity index (χ1n) is 4.34. The molecule has 0 aliphatic carbocycles. The third-order valence-electron chi connectivity index (χ3n) is 1.75. The topological polar surface area (TPSA) is 29.9 Å². The van der Waals surface area contributed by atoms with E-state index in [-0.39, 0.29) is 6.54 Å². The van der Waals surface area contributed by atoms with Gasteiger partial charge in [0, 0.05) is 25.5 Å². The standard InChI is InChI=1S/C8H12F3N3/c1-2-14-6-5-13-7(14)12-4-3-8(9,10)11/h5-6H,2-4H2,1H3,(H,12,13). The predicted octanol–water partition coefficient (Wildman–Crippen LogP) is 2.27. The van der Waals surface area contributed by atoms with Crippen molar-refractivity contribution < 1.29 is 13.2 Å². The Kier molecular flexibility index (Phi) is 3.38. The van der Waals surface area contributed by atoms with Crippen molar-refractivity contribution in [1.29, 1.82) is 0 Å². The molecule has 0 fully saturated rings. The van der Waals surface area contributed by atoms with Crippen LogP contribution in [0.25, 0.3) is 0 Å². The van der Waals surface area contributed by atoms with Crippen LogP contribution in [0.2, 0.25) is 0 Å². The zero-order valence-electron chi connectivity index (χ0n) is 7.80. The number of aromatic nitrogens is 2. The van der Waals surface area contributed by atoms with Crippen molar-refractivity contribution in [2.45, 2.75) is 26.1 Å². The summed E-state index contributed by atoms with van der Waals surface area (Å²) in [5, 5.41) is 2.63. The Balaban J connectivity index is 2.38. The van der Waals surface area contributed by atoms with Crippen molar-refractivity contribution in [3.05, 3.63) is 12.4 Å². The van der Waals surface area contributed by atoms with E-state index in [2.05, 4.69) is 10.3 Å². The molecule has 80 valence electrons. The summed E-state index contributed by atoms with van der Waals surface area (Å²) in [6, 6.07) is 0. The molecule has 0 radical (unpaired) electrons. The van der Waals surface area contributed by atoms with Gasteiger partial charge in [-0.15, -0.1) is 0 Å². The minimum Gasteiger partial charge on any atom is -0.355 e. The van der Waals surface area contributed by atoms with Gasteiger partial charge < -0.3 is 9.88 Å². The maximum atomic E-state index is 11.8. The molecule has 0 aliphatic rings. The van der Waals surface area contributed by atoms with Gasteiger partial charge >= 0.3 is 6.18 Å². The summed E-state index contributed by atoms with van der Waals surface area (Å²) in [5.74, 6) is 0.483. The highest BCUT2D eigenvalue weighted by Crippen LogP contribution is 2.19. The van der Waals surface area contributed by atoms with Gasteiger partial charge in [0.05, 0.1) is 6.42 Å². The van der Waals surface area contributed by atoms with Gasteiger partial charge in [-0.1, -0.05) is 0 Å². The summed E-state index contributed by atoms with van der Waals surface area (Å²) in [6.45, 7) is 2.45. The van der Waals surface area contributed by atoms with E-state index in [1.807, 2.05) is 6.92 Å². The zero-order valence-corrected chi connectivity index (χ0v) is 7.80. The summed E-state index contributed by atoms with van der Waals surface area (Å²) in [6.07, 6.45) is -1.68. The summed E-state index contributed by atoms with van der Waals surface area (Å²) in [5.41, 5.74) is 0. The summed E-state index contributed by atoms with van der Waals surface area (Å²) < 4.78 is 37.1. The van der Waals surface area contributed by atoms with Crippen LogP contribution in [0, 0.1) is 0 Å². The average Bonchev–Trinajstić information content (AvgIpc) is 2.49. The van der Waals surface area contributed by atoms with Crippen LogP contribution in [0.4, 0.5) is 19.1 Å². The van der Waals surface area contributed by atoms with Crippen molar-refractivity contribution in [3.8, 4) is 0 Å². The smallest absolute Gasteiger partial charge is 0.355 e. The van der Waals surface area contributed by atoms with Gasteiger partial charge in [0.2, 0.25) is 5.95 Å². The second-order valence-electron chi connectivity index (χ2n) is 2.83. The molecule has 0 amide bonds. The van der Waals surface area contributed by atoms with Crippen LogP contribution in [0.5, 0.6) is 0 Å². The molecular formula is C8H12F3N3. The highest BCUT2D eigenvalue weighted by Gasteiger charge is 2.26. The SMILES string of the molecule is CCn1ccnc1NCCC(F)(F)F. The number of imidazole rings is 1. The lowest BCUT2D eigenvalue weighted by molar-refractivity contribution is -0.131. The Hall–Kier alpha value is -1.20. The van der Waals surface area contributed by atoms with Crippen LogP contribution in [0.3, 0.4) is 0 Å². The Labute approximate surface area is 79.9 Å². The highest BCUT2D eigenvalue weighted by atomic mass is 19.4. The molecule has 1 N–H and O–H groups in total. The van der Waals surface area contributed by atoms with Gasteiger partial charge in [-0.25, -0.2) is 4.98 Å². The lowest BCUT2D eigenvalue weighted by atomic mass is 10.4. The van der Waals surface area contributed by atoms with E-state index in [0.717, 1.165) is 0 Å². The third kappa shape index (κ3) is 3.27. The van der Waals surface area contributed by atoms with E-state index >= 15 is 0 Å². The lowest BCUT2D eigenvalue weighted by Crippen LogP contribution is -2.16. The average molecular weight is 207 g/mol. The van der Waals surface area contributed by atoms with Crippen LogP contribution in [0.15, 0.2) is 12.4 Å². The minimum absolute atomic E-state index is 0.138. The second-order valence-corrected chi connectivity index (χ2v) is 2.83. The summed E-state index contributed by atoms with van der Waals surface area (Å²) in [4.78, 5) is 3.89. The van der Waals surface area contributed by atoms with E-state index in [9.17, 15) is 13.2 Å². The molecule has 14 heavy (non-hydrogen) atoms. The molecule has 0 saturated heterocycles. The van der Waals surface area contributed by atoms with Crippen LogP contribution in [-0.2, 0) is 6.54 Å². The lowest BCUT2D eigenvalue weighted by Gasteiger charge is -2.09. The molecule has 1 aromatic rings. The molecule has 6 heteroatoms. The van der Waals surface area contributed by atoms with Crippen molar-refractivity contribution in [1.82, 2.24) is 9.55 Å². The first-order chi connectivity index (χ1) is 6.53. The summed E-state index contributed by atoms with van der Waals surface area (Å²) in [7, 11) is 0. The Morgan fingerprint density at radius 1 is 1.50 bits per heavy atom. The number of nitrogens with one attached hydrogen (secondary N) is 1. The zero-order chi connectivity index (χ0) is 10.6. The van der Waals surface area contributed by atoms with Gasteiger partial charge in [-0.2, -0.15) is 13.2 Å². The fourth-order valence-electron chi connectivity index (χ4n) is 1.05. The van der Waals surface area contributed by atoms with Crippen molar-refractivity contribution >= 4 is 5.95 Å². The van der Waals surface area contributed by atoms with Gasteiger partial charge in [0.15, 0.2) is 0 Å². The number of anilines is 1. The number of halogens is 3. The maximum absolute atomic E-state index is 11.8. The number of alkyl halides is 3. The third-order valence-corrected chi connectivity index (χ3v) is 1.75. The number of nitrogens with zero attached hydrogens (tertiary/aromatic N) is 2. The van der Waals surface area contributed by atoms with Crippen molar-refractivity contribution in [3.63, 3.8) is 0 Å². The van der Waals surface area contributed by atoms with Gasteiger partial charge in [-0.3, -0.25) is 0 Å². The van der Waals surface area contributed by atoms with Crippen LogP contribution in [0.1, 0.15) is 13.3 Å². The molecule has 0 aliphatic heterocycles. The highest BCUT2D eigenvalue weighted by molar-refractivity contribution is 5.25. The molecule has 1 heterocycles. The fraction of sp³-hybridized carbons (Fsp3) is 0.625. The molecule has 0 bridgehead atoms. The van der Waals surface area contributed by atoms with Gasteiger partial charge in [-0.05, 0) is 6.92 Å². The largest absolute Gasteiger partial charge is 0.390 e. The van der Waals surface area contributed by atoms with E-state index in [4.69, 9.17) is 0 Å². The van der Waals surface area contributed by atoms with Gasteiger partial charge in [0.1, 0.15) is 0 Å². The van der Waals surface area contributed by atoms with Crippen molar-refractivity contribution in [2.24, 2.45) is 0 Å². The van der Waals surface area contributed by atoms with Gasteiger partial charge in [0.25, 0.3) is 0 Å². The molecule has 0 unspecified atom stereocenters. The molecule has 3 nitrogen and oxygen atoms in total. The predicted molar refractivity (Wildman–Crippen MR) is 47.1 cm³/mol. The molecule has 0 aromatic carbocycles. The molecule has 0 spiro atoms. The van der Waals surface area contributed by atoms with Crippen LogP contribution in [-0.4, -0.2) is 22.3 Å². The molecule has 1 rings (SSSR count). The molecule has 0 atom stereocenters. The maximum Gasteiger partial charge on any atom is 0.390 e. The van der Waals surface area contributed by atoms with E-state index < -0.39 is 12.6 Å². The molecule has 1 aromatic heterocycles. The Morgan fingerprint density at radius 2 is 2.21 bits per heavy atom. The molecule has 0 saturated carbocycles. The first kappa shape index (κ1) is 10.9.